The lowest BCUT2D eigenvalue weighted by atomic mass is 10.1. The second kappa shape index (κ2) is 13.4. The van der Waals surface area contributed by atoms with Crippen molar-refractivity contribution in [2.24, 2.45) is 4.99 Å². The van der Waals surface area contributed by atoms with E-state index in [4.69, 9.17) is 19.2 Å². The number of hydrogen-bond donors (Lipinski definition) is 1. The van der Waals surface area contributed by atoms with E-state index in [1.54, 1.807) is 7.11 Å². The minimum Gasteiger partial charge on any atom is -0.497 e. The predicted octanol–water partition coefficient (Wildman–Crippen LogP) is 4.47. The van der Waals surface area contributed by atoms with Gasteiger partial charge in [-0.1, -0.05) is 12.1 Å². The van der Waals surface area contributed by atoms with Crippen LogP contribution in [-0.4, -0.2) is 55.3 Å². The van der Waals surface area contributed by atoms with E-state index in [9.17, 15) is 0 Å². The second-order valence-corrected chi connectivity index (χ2v) is 7.10. The fraction of sp³-hybridized carbons (Fsp3) is 0.478. The number of halogens is 1. The Balaban J connectivity index is 0.00000341. The highest BCUT2D eigenvalue weighted by molar-refractivity contribution is 14.0. The number of hydrogen-bond acceptors (Lipinski definition) is 5. The predicted molar refractivity (Wildman–Crippen MR) is 134 cm³/mol. The van der Waals surface area contributed by atoms with Crippen molar-refractivity contribution in [2.75, 3.05) is 33.4 Å². The van der Waals surface area contributed by atoms with E-state index in [2.05, 4.69) is 29.0 Å². The van der Waals surface area contributed by atoms with Gasteiger partial charge in [0, 0.05) is 44.6 Å². The number of pyridine rings is 1. The number of guanidine groups is 1. The molecule has 8 heteroatoms. The number of nitrogens with zero attached hydrogens (tertiary/aromatic N) is 3. The number of methoxy groups -OCH3 is 1. The average Bonchev–Trinajstić information content (AvgIpc) is 2.78. The summed E-state index contributed by atoms with van der Waals surface area (Å²) in [5.41, 5.74) is 1.03. The summed E-state index contributed by atoms with van der Waals surface area (Å²) in [5.74, 6) is 2.93. The third-order valence-electron chi connectivity index (χ3n) is 4.95. The molecule has 170 valence electrons. The Labute approximate surface area is 202 Å². The normalized spacial score (nSPS) is 14.7. The standard InChI is InChI=1S/C23H32N4O3.HI/c1-4-24-23(27-13-11-19(12-14-27)29-5-2)26-17-18-9-10-22(25-16-18)30-21-8-6-7-20(15-21)28-3;/h6-10,15-16,19H,4-5,11-14,17H2,1-3H3,(H,24,26);1H. The number of aliphatic imine (C=N–C) groups is 1. The molecule has 0 atom stereocenters. The van der Waals surface area contributed by atoms with Crippen LogP contribution < -0.4 is 14.8 Å². The molecule has 2 aromatic rings. The van der Waals surface area contributed by atoms with Gasteiger partial charge in [-0.3, -0.25) is 0 Å². The number of ether oxygens (including phenoxy) is 3. The van der Waals surface area contributed by atoms with Crippen molar-refractivity contribution in [1.29, 1.82) is 0 Å². The van der Waals surface area contributed by atoms with E-state index in [0.717, 1.165) is 56.4 Å². The van der Waals surface area contributed by atoms with Gasteiger partial charge in [0.1, 0.15) is 11.5 Å². The van der Waals surface area contributed by atoms with Gasteiger partial charge in [-0.05, 0) is 44.4 Å². The minimum atomic E-state index is 0. The van der Waals surface area contributed by atoms with Crippen molar-refractivity contribution in [2.45, 2.75) is 39.3 Å². The molecule has 1 aromatic carbocycles. The van der Waals surface area contributed by atoms with Gasteiger partial charge in [-0.2, -0.15) is 0 Å². The van der Waals surface area contributed by atoms with Crippen LogP contribution in [0.4, 0.5) is 0 Å². The fourth-order valence-corrected chi connectivity index (χ4v) is 3.41. The highest BCUT2D eigenvalue weighted by Crippen LogP contribution is 2.24. The van der Waals surface area contributed by atoms with Gasteiger partial charge in [-0.15, -0.1) is 24.0 Å². The van der Waals surface area contributed by atoms with E-state index < -0.39 is 0 Å². The number of piperidine rings is 1. The number of aromatic nitrogens is 1. The molecule has 2 heterocycles. The van der Waals surface area contributed by atoms with E-state index in [1.807, 2.05) is 42.6 Å². The van der Waals surface area contributed by atoms with Crippen molar-refractivity contribution in [3.63, 3.8) is 0 Å². The molecule has 3 rings (SSSR count). The number of nitrogens with one attached hydrogen (secondary N) is 1. The van der Waals surface area contributed by atoms with Crippen molar-refractivity contribution < 1.29 is 14.2 Å². The second-order valence-electron chi connectivity index (χ2n) is 7.10. The summed E-state index contributed by atoms with van der Waals surface area (Å²) < 4.78 is 16.8. The molecule has 1 aliphatic rings. The molecule has 0 spiro atoms. The lowest BCUT2D eigenvalue weighted by Crippen LogP contribution is -2.47. The molecule has 1 fully saturated rings. The van der Waals surface area contributed by atoms with Gasteiger partial charge in [-0.25, -0.2) is 9.98 Å². The Morgan fingerprint density at radius 2 is 1.94 bits per heavy atom. The molecule has 1 aliphatic heterocycles. The molecule has 0 aliphatic carbocycles. The summed E-state index contributed by atoms with van der Waals surface area (Å²) in [7, 11) is 1.63. The number of benzene rings is 1. The van der Waals surface area contributed by atoms with Gasteiger partial charge < -0.3 is 24.4 Å². The zero-order chi connectivity index (χ0) is 21.2. The fourth-order valence-electron chi connectivity index (χ4n) is 3.41. The Morgan fingerprint density at radius 3 is 2.58 bits per heavy atom. The first-order chi connectivity index (χ1) is 14.7. The first-order valence-electron chi connectivity index (χ1n) is 10.6. The van der Waals surface area contributed by atoms with Crippen LogP contribution in [0, 0.1) is 0 Å². The maximum Gasteiger partial charge on any atom is 0.219 e. The smallest absolute Gasteiger partial charge is 0.219 e. The van der Waals surface area contributed by atoms with Gasteiger partial charge in [0.05, 0.1) is 19.8 Å². The SMILES string of the molecule is CCNC(=NCc1ccc(Oc2cccc(OC)c2)nc1)N1CCC(OCC)CC1.I. The molecule has 31 heavy (non-hydrogen) atoms. The summed E-state index contributed by atoms with van der Waals surface area (Å²) in [6.07, 6.45) is 4.26. The van der Waals surface area contributed by atoms with E-state index in [0.29, 0.717) is 24.3 Å². The van der Waals surface area contributed by atoms with Crippen molar-refractivity contribution in [3.05, 3.63) is 48.2 Å². The molecule has 0 unspecified atom stereocenters. The lowest BCUT2D eigenvalue weighted by Gasteiger charge is -2.34. The summed E-state index contributed by atoms with van der Waals surface area (Å²) in [5, 5.41) is 3.40. The molecule has 1 N–H and O–H groups in total. The summed E-state index contributed by atoms with van der Waals surface area (Å²) in [6, 6.07) is 11.3. The first kappa shape index (κ1) is 25.2. The van der Waals surface area contributed by atoms with Crippen molar-refractivity contribution in [1.82, 2.24) is 15.2 Å². The van der Waals surface area contributed by atoms with Gasteiger partial charge in [0.2, 0.25) is 5.88 Å². The largest absolute Gasteiger partial charge is 0.497 e. The van der Waals surface area contributed by atoms with Gasteiger partial charge >= 0.3 is 0 Å². The molecular weight excluding hydrogens is 507 g/mol. The monoisotopic (exact) mass is 540 g/mol. The van der Waals surface area contributed by atoms with Crippen LogP contribution in [-0.2, 0) is 11.3 Å². The van der Waals surface area contributed by atoms with Crippen LogP contribution in [0.3, 0.4) is 0 Å². The Morgan fingerprint density at radius 1 is 1.16 bits per heavy atom. The maximum absolute atomic E-state index is 5.81. The Hall–Kier alpha value is -2.07. The zero-order valence-corrected chi connectivity index (χ0v) is 20.9. The number of rotatable bonds is 8. The van der Waals surface area contributed by atoms with E-state index in [1.165, 1.54) is 0 Å². The van der Waals surface area contributed by atoms with Crippen LogP contribution >= 0.6 is 24.0 Å². The maximum atomic E-state index is 5.81. The third kappa shape index (κ3) is 7.84. The molecule has 0 bridgehead atoms. The molecule has 0 radical (unpaired) electrons. The van der Waals surface area contributed by atoms with Crippen LogP contribution in [0.25, 0.3) is 0 Å². The minimum absolute atomic E-state index is 0. The summed E-state index contributed by atoms with van der Waals surface area (Å²) in [6.45, 7) is 8.26. The van der Waals surface area contributed by atoms with Crippen LogP contribution in [0.5, 0.6) is 17.4 Å². The first-order valence-corrected chi connectivity index (χ1v) is 10.6. The van der Waals surface area contributed by atoms with E-state index in [-0.39, 0.29) is 24.0 Å². The zero-order valence-electron chi connectivity index (χ0n) is 18.5. The lowest BCUT2D eigenvalue weighted by molar-refractivity contribution is 0.0263. The number of likely N-dealkylation sites (tertiary alicyclic amines) is 1. The summed E-state index contributed by atoms with van der Waals surface area (Å²) in [4.78, 5) is 11.5. The molecule has 0 saturated carbocycles. The van der Waals surface area contributed by atoms with Crippen LogP contribution in [0.1, 0.15) is 32.3 Å². The Kier molecular flexibility index (Phi) is 10.9. The van der Waals surface area contributed by atoms with E-state index >= 15 is 0 Å². The van der Waals surface area contributed by atoms with Crippen molar-refractivity contribution >= 4 is 29.9 Å². The van der Waals surface area contributed by atoms with Crippen LogP contribution in [0.2, 0.25) is 0 Å². The third-order valence-corrected chi connectivity index (χ3v) is 4.95. The van der Waals surface area contributed by atoms with Gasteiger partial charge in [0.15, 0.2) is 5.96 Å². The Bertz CT molecular complexity index is 809. The van der Waals surface area contributed by atoms with Gasteiger partial charge in [0.25, 0.3) is 0 Å². The molecular formula is C23H33IN4O3. The molecule has 1 saturated heterocycles. The topological polar surface area (TPSA) is 68.2 Å². The quantitative estimate of drug-likeness (QED) is 0.303. The molecule has 0 amide bonds. The van der Waals surface area contributed by atoms with Crippen molar-refractivity contribution in [3.8, 4) is 17.4 Å². The molecule has 7 nitrogen and oxygen atoms in total. The average molecular weight is 540 g/mol. The summed E-state index contributed by atoms with van der Waals surface area (Å²) >= 11 is 0. The van der Waals surface area contributed by atoms with Crippen LogP contribution in [0.15, 0.2) is 47.6 Å². The highest BCUT2D eigenvalue weighted by Gasteiger charge is 2.21. The molecule has 1 aromatic heterocycles. The highest BCUT2D eigenvalue weighted by atomic mass is 127.